The third-order valence-electron chi connectivity index (χ3n) is 3.84. The van der Waals surface area contributed by atoms with Gasteiger partial charge in [0.2, 0.25) is 5.95 Å². The van der Waals surface area contributed by atoms with Crippen LogP contribution in [-0.2, 0) is 21.9 Å². The first-order valence-electron chi connectivity index (χ1n) is 8.61. The number of nitriles is 1. The number of anilines is 2. The number of rotatable bonds is 6. The van der Waals surface area contributed by atoms with Gasteiger partial charge in [-0.05, 0) is 43.3 Å². The van der Waals surface area contributed by atoms with E-state index >= 15 is 0 Å². The number of aromatic nitrogens is 4. The summed E-state index contributed by atoms with van der Waals surface area (Å²) in [5, 5.41) is 15.8. The molecular formula is C19H17N7O3S. The lowest BCUT2D eigenvalue weighted by Crippen LogP contribution is -2.16. The Hall–Kier alpha value is -4.04. The number of amides is 1. The van der Waals surface area contributed by atoms with Gasteiger partial charge in [-0.1, -0.05) is 0 Å². The number of sulfonamides is 1. The summed E-state index contributed by atoms with van der Waals surface area (Å²) in [5.41, 5.74) is 1.44. The van der Waals surface area contributed by atoms with Gasteiger partial charge in [0.1, 0.15) is 11.6 Å². The second kappa shape index (κ2) is 8.54. The molecule has 3 aromatic rings. The molecule has 0 spiro atoms. The Kier molecular flexibility index (Phi) is 5.89. The summed E-state index contributed by atoms with van der Waals surface area (Å²) < 4.78 is 28.8. The van der Waals surface area contributed by atoms with Crippen molar-refractivity contribution in [3.8, 4) is 6.07 Å². The molecule has 0 fully saturated rings. The Balaban J connectivity index is 1.72. The number of hydrogen-bond acceptors (Lipinski definition) is 7. The van der Waals surface area contributed by atoms with Crippen LogP contribution in [0.5, 0.6) is 0 Å². The molecule has 0 aliphatic heterocycles. The molecule has 10 nitrogen and oxygen atoms in total. The predicted octanol–water partition coefficient (Wildman–Crippen LogP) is 1.86. The van der Waals surface area contributed by atoms with Crippen molar-refractivity contribution in [2.75, 3.05) is 10.0 Å². The zero-order valence-electron chi connectivity index (χ0n) is 16.1. The van der Waals surface area contributed by atoms with Crippen LogP contribution in [0.3, 0.4) is 0 Å². The summed E-state index contributed by atoms with van der Waals surface area (Å²) in [7, 11) is -2.17. The monoisotopic (exact) mass is 423 g/mol. The highest BCUT2D eigenvalue weighted by Gasteiger charge is 2.16. The van der Waals surface area contributed by atoms with Gasteiger partial charge < -0.3 is 5.32 Å². The minimum atomic E-state index is -3.90. The van der Waals surface area contributed by atoms with Crippen molar-refractivity contribution in [3.05, 3.63) is 65.8 Å². The molecule has 2 heterocycles. The molecule has 0 radical (unpaired) electrons. The van der Waals surface area contributed by atoms with E-state index < -0.39 is 15.9 Å². The first kappa shape index (κ1) is 20.7. The molecule has 11 heteroatoms. The Bertz CT molecular complexity index is 1260. The van der Waals surface area contributed by atoms with Gasteiger partial charge >= 0.3 is 0 Å². The summed E-state index contributed by atoms with van der Waals surface area (Å²) in [5.74, 6) is -0.658. The van der Waals surface area contributed by atoms with Crippen LogP contribution in [0.1, 0.15) is 11.3 Å². The lowest BCUT2D eigenvalue weighted by molar-refractivity contribution is -0.112. The van der Waals surface area contributed by atoms with Crippen molar-refractivity contribution in [1.29, 1.82) is 5.26 Å². The average Bonchev–Trinajstić information content (AvgIpc) is 3.11. The van der Waals surface area contributed by atoms with Crippen molar-refractivity contribution in [3.63, 3.8) is 0 Å². The van der Waals surface area contributed by atoms with Gasteiger partial charge in [-0.3, -0.25) is 9.48 Å². The zero-order chi connectivity index (χ0) is 21.7. The number of hydrogen-bond donors (Lipinski definition) is 2. The molecule has 0 saturated carbocycles. The van der Waals surface area contributed by atoms with Crippen molar-refractivity contribution < 1.29 is 13.2 Å². The molecule has 152 valence electrons. The van der Waals surface area contributed by atoms with Crippen molar-refractivity contribution in [2.45, 2.75) is 11.8 Å². The Labute approximate surface area is 173 Å². The first-order valence-corrected chi connectivity index (χ1v) is 10.1. The predicted molar refractivity (Wildman–Crippen MR) is 109 cm³/mol. The van der Waals surface area contributed by atoms with Gasteiger partial charge in [0, 0.05) is 36.4 Å². The highest BCUT2D eigenvalue weighted by molar-refractivity contribution is 7.92. The van der Waals surface area contributed by atoms with E-state index in [1.807, 2.05) is 6.07 Å². The fourth-order valence-corrected chi connectivity index (χ4v) is 3.37. The standard InChI is InChI=1S/C19H17N7O3S/c1-13-7-8-21-19(23-13)25-30(28,29)17-5-3-16(4-6-17)24-18(27)15(10-20)9-14-11-22-26(2)12-14/h3-9,11-12H,1-2H3,(H,24,27)(H,21,23,25)/b15-9+. The molecule has 2 aromatic heterocycles. The average molecular weight is 423 g/mol. The van der Waals surface area contributed by atoms with E-state index in [-0.39, 0.29) is 16.4 Å². The van der Waals surface area contributed by atoms with E-state index in [1.165, 1.54) is 42.7 Å². The Morgan fingerprint density at radius 3 is 2.57 bits per heavy atom. The van der Waals surface area contributed by atoms with Crippen LogP contribution in [0.2, 0.25) is 0 Å². The number of carbonyl (C=O) groups is 1. The summed E-state index contributed by atoms with van der Waals surface area (Å²) in [4.78, 5) is 20.2. The molecule has 1 amide bonds. The van der Waals surface area contributed by atoms with Crippen molar-refractivity contribution >= 4 is 33.6 Å². The Morgan fingerprint density at radius 1 is 1.23 bits per heavy atom. The molecule has 2 N–H and O–H groups in total. The second-order valence-corrected chi connectivity index (χ2v) is 7.91. The number of nitrogens with zero attached hydrogens (tertiary/aromatic N) is 5. The fourth-order valence-electron chi connectivity index (χ4n) is 2.42. The molecule has 3 rings (SSSR count). The number of benzene rings is 1. The molecular weight excluding hydrogens is 406 g/mol. The maximum Gasteiger partial charge on any atom is 0.266 e. The summed E-state index contributed by atoms with van der Waals surface area (Å²) in [6.07, 6.45) is 6.04. The minimum Gasteiger partial charge on any atom is -0.321 e. The molecule has 1 aromatic carbocycles. The topological polar surface area (TPSA) is 143 Å². The smallest absolute Gasteiger partial charge is 0.266 e. The third kappa shape index (κ3) is 5.06. The van der Waals surface area contributed by atoms with Crippen molar-refractivity contribution in [2.24, 2.45) is 7.05 Å². The summed E-state index contributed by atoms with van der Waals surface area (Å²) >= 11 is 0. The van der Waals surface area contributed by atoms with Crippen LogP contribution >= 0.6 is 0 Å². The lowest BCUT2D eigenvalue weighted by atomic mass is 10.2. The molecule has 0 atom stereocenters. The Morgan fingerprint density at radius 2 is 1.97 bits per heavy atom. The third-order valence-corrected chi connectivity index (χ3v) is 5.19. The molecule has 0 unspecified atom stereocenters. The fraction of sp³-hybridized carbons (Fsp3) is 0.105. The lowest BCUT2D eigenvalue weighted by Gasteiger charge is -2.08. The van der Waals surface area contributed by atoms with Gasteiger partial charge in [0.15, 0.2) is 0 Å². The van der Waals surface area contributed by atoms with Gasteiger partial charge in [-0.15, -0.1) is 0 Å². The number of aryl methyl sites for hydroxylation is 2. The van der Waals surface area contributed by atoms with E-state index in [2.05, 4.69) is 25.1 Å². The largest absolute Gasteiger partial charge is 0.321 e. The highest BCUT2D eigenvalue weighted by atomic mass is 32.2. The molecule has 0 saturated heterocycles. The molecule has 30 heavy (non-hydrogen) atoms. The second-order valence-electron chi connectivity index (χ2n) is 6.22. The minimum absolute atomic E-state index is 0.0305. The summed E-state index contributed by atoms with van der Waals surface area (Å²) in [6.45, 7) is 1.72. The van der Waals surface area contributed by atoms with Crippen LogP contribution in [0.4, 0.5) is 11.6 Å². The molecule has 0 aliphatic rings. The molecule has 0 bridgehead atoms. The van der Waals surface area contributed by atoms with E-state index in [9.17, 15) is 18.5 Å². The van der Waals surface area contributed by atoms with Gasteiger partial charge in [-0.2, -0.15) is 10.4 Å². The summed E-state index contributed by atoms with van der Waals surface area (Å²) in [6, 6.07) is 8.97. The maximum absolute atomic E-state index is 12.5. The van der Waals surface area contributed by atoms with Crippen LogP contribution in [0.15, 0.2) is 59.4 Å². The zero-order valence-corrected chi connectivity index (χ0v) is 16.9. The van der Waals surface area contributed by atoms with Crippen LogP contribution < -0.4 is 10.0 Å². The SMILES string of the molecule is Cc1ccnc(NS(=O)(=O)c2ccc(NC(=O)/C(C#N)=C/c3cnn(C)c3)cc2)n1. The van der Waals surface area contributed by atoms with Gasteiger partial charge in [0.05, 0.1) is 11.1 Å². The van der Waals surface area contributed by atoms with Crippen molar-refractivity contribution in [1.82, 2.24) is 19.7 Å². The van der Waals surface area contributed by atoms with Crippen LogP contribution in [0, 0.1) is 18.3 Å². The van der Waals surface area contributed by atoms with E-state index in [0.29, 0.717) is 16.9 Å². The quantitative estimate of drug-likeness (QED) is 0.455. The highest BCUT2D eigenvalue weighted by Crippen LogP contribution is 2.17. The first-order chi connectivity index (χ1) is 14.3. The van der Waals surface area contributed by atoms with E-state index in [0.717, 1.165) is 0 Å². The van der Waals surface area contributed by atoms with Gasteiger partial charge in [0.25, 0.3) is 15.9 Å². The number of nitrogens with one attached hydrogen (secondary N) is 2. The van der Waals surface area contributed by atoms with E-state index in [1.54, 1.807) is 30.9 Å². The van der Waals surface area contributed by atoms with Gasteiger partial charge in [-0.25, -0.2) is 23.1 Å². The molecule has 0 aliphatic carbocycles. The van der Waals surface area contributed by atoms with E-state index in [4.69, 9.17) is 0 Å². The maximum atomic E-state index is 12.5. The van der Waals surface area contributed by atoms with Crippen LogP contribution in [-0.4, -0.2) is 34.1 Å². The van der Waals surface area contributed by atoms with Crippen LogP contribution in [0.25, 0.3) is 6.08 Å². The number of carbonyl (C=O) groups excluding carboxylic acids is 1. The normalized spacial score (nSPS) is 11.6.